The highest BCUT2D eigenvalue weighted by atomic mass is 19.4. The van der Waals surface area contributed by atoms with Crippen molar-refractivity contribution in [2.24, 2.45) is 0 Å². The number of hydrogen-bond acceptors (Lipinski definition) is 2. The zero-order valence-corrected chi connectivity index (χ0v) is 16.4. The summed E-state index contributed by atoms with van der Waals surface area (Å²) in [5.41, 5.74) is 2.40. The van der Waals surface area contributed by atoms with Gasteiger partial charge in [-0.1, -0.05) is 30.3 Å². The quantitative estimate of drug-likeness (QED) is 0.436. The number of halogens is 3. The predicted molar refractivity (Wildman–Crippen MR) is 109 cm³/mol. The molecule has 1 amide bonds. The van der Waals surface area contributed by atoms with Gasteiger partial charge in [0.25, 0.3) is 5.91 Å². The Hall–Kier alpha value is -3.48. The van der Waals surface area contributed by atoms with Crippen LogP contribution in [-0.4, -0.2) is 10.5 Å². The lowest BCUT2D eigenvalue weighted by molar-refractivity contribution is -0.137. The van der Waals surface area contributed by atoms with E-state index in [1.54, 1.807) is 19.2 Å². The number of fused-ring (bicyclic) bond motifs is 1. The van der Waals surface area contributed by atoms with Gasteiger partial charge in [-0.3, -0.25) is 4.79 Å². The first kappa shape index (κ1) is 19.8. The number of carbonyl (C=O) groups excluding carboxylic acids is 1. The number of aryl methyl sites for hydroxylation is 2. The fourth-order valence-corrected chi connectivity index (χ4v) is 3.34. The number of alkyl halides is 3. The number of nitrogens with zero attached hydrogens (tertiary/aromatic N) is 1. The monoisotopic (exact) mass is 412 g/mol. The second kappa shape index (κ2) is 7.40. The van der Waals surface area contributed by atoms with Crippen molar-refractivity contribution in [3.05, 3.63) is 89.0 Å². The van der Waals surface area contributed by atoms with Crippen LogP contribution in [0, 0.1) is 13.8 Å². The predicted octanol–water partition coefficient (Wildman–Crippen LogP) is 6.17. The smallest absolute Gasteiger partial charge is 0.416 e. The van der Waals surface area contributed by atoms with Crippen molar-refractivity contribution in [2.45, 2.75) is 26.6 Å². The van der Waals surface area contributed by atoms with E-state index in [0.717, 1.165) is 34.2 Å². The average Bonchev–Trinajstić information content (AvgIpc) is 3.22. The highest BCUT2D eigenvalue weighted by molar-refractivity contribution is 6.08. The number of carbonyl (C=O) groups is 1. The Bertz CT molecular complexity index is 1200. The van der Waals surface area contributed by atoms with E-state index in [0.29, 0.717) is 18.0 Å². The molecule has 7 heteroatoms. The third-order valence-electron chi connectivity index (χ3n) is 5.06. The number of amides is 1. The first-order chi connectivity index (χ1) is 14.2. The molecule has 4 nitrogen and oxygen atoms in total. The Balaban J connectivity index is 1.63. The molecule has 0 aliphatic carbocycles. The lowest BCUT2D eigenvalue weighted by Gasteiger charge is -2.09. The minimum absolute atomic E-state index is 0.226. The van der Waals surface area contributed by atoms with Gasteiger partial charge in [0.1, 0.15) is 5.76 Å². The van der Waals surface area contributed by atoms with E-state index in [4.69, 9.17) is 4.42 Å². The van der Waals surface area contributed by atoms with Gasteiger partial charge in [0, 0.05) is 18.1 Å². The van der Waals surface area contributed by atoms with Crippen LogP contribution in [0.4, 0.5) is 18.9 Å². The van der Waals surface area contributed by atoms with E-state index in [1.165, 1.54) is 12.1 Å². The normalized spacial score (nSPS) is 11.8. The van der Waals surface area contributed by atoms with Crippen molar-refractivity contribution in [3.8, 4) is 0 Å². The van der Waals surface area contributed by atoms with E-state index in [1.807, 2.05) is 35.8 Å². The molecule has 1 N–H and O–H groups in total. The van der Waals surface area contributed by atoms with Gasteiger partial charge in [0.15, 0.2) is 5.76 Å². The van der Waals surface area contributed by atoms with Gasteiger partial charge in [-0.2, -0.15) is 13.2 Å². The molecule has 4 aromatic rings. The van der Waals surface area contributed by atoms with Crippen molar-refractivity contribution in [3.63, 3.8) is 0 Å². The third-order valence-corrected chi connectivity index (χ3v) is 5.06. The molecule has 0 bridgehead atoms. The Kier molecular flexibility index (Phi) is 4.89. The Morgan fingerprint density at radius 1 is 1.07 bits per heavy atom. The van der Waals surface area contributed by atoms with Gasteiger partial charge >= 0.3 is 6.18 Å². The highest BCUT2D eigenvalue weighted by Gasteiger charge is 2.29. The van der Waals surface area contributed by atoms with Crippen LogP contribution in [0.1, 0.15) is 33.0 Å². The molecule has 0 saturated heterocycles. The number of para-hydroxylation sites is 1. The lowest BCUT2D eigenvalue weighted by Crippen LogP contribution is -2.10. The molecule has 154 valence electrons. The van der Waals surface area contributed by atoms with E-state index >= 15 is 0 Å². The zero-order valence-electron chi connectivity index (χ0n) is 16.4. The number of nitrogens with one attached hydrogen (secondary N) is 1. The molecule has 0 aliphatic heterocycles. The fourth-order valence-electron chi connectivity index (χ4n) is 3.34. The molecule has 30 heavy (non-hydrogen) atoms. The maximum Gasteiger partial charge on any atom is 0.416 e. The van der Waals surface area contributed by atoms with Crippen LogP contribution < -0.4 is 5.32 Å². The molecule has 0 fully saturated rings. The molecule has 0 radical (unpaired) electrons. The van der Waals surface area contributed by atoms with Crippen molar-refractivity contribution >= 4 is 22.5 Å². The number of rotatable bonds is 4. The van der Waals surface area contributed by atoms with E-state index in [2.05, 4.69) is 5.32 Å². The van der Waals surface area contributed by atoms with Gasteiger partial charge in [-0.25, -0.2) is 0 Å². The molecule has 2 heterocycles. The maximum atomic E-state index is 12.8. The second-order valence-electron chi connectivity index (χ2n) is 7.19. The summed E-state index contributed by atoms with van der Waals surface area (Å²) in [7, 11) is 0. The number of anilines is 1. The minimum atomic E-state index is -4.36. The summed E-state index contributed by atoms with van der Waals surface area (Å²) < 4.78 is 45.8. The van der Waals surface area contributed by atoms with Crippen molar-refractivity contribution in [2.75, 3.05) is 5.32 Å². The number of benzene rings is 2. The van der Waals surface area contributed by atoms with Gasteiger partial charge in [-0.05, 0) is 49.2 Å². The van der Waals surface area contributed by atoms with Crippen LogP contribution >= 0.6 is 0 Å². The summed E-state index contributed by atoms with van der Waals surface area (Å²) in [6.45, 7) is 4.03. The standard InChI is InChI=1S/C23H19F3N2O2/c1-14-11-21(30-15(14)2)22(29)27-19-13-28(20-6-4-3-5-18(19)20)12-16-7-9-17(10-8-16)23(24,25)26/h3-11,13H,12H2,1-2H3,(H,27,29). The van der Waals surface area contributed by atoms with Crippen LogP contribution in [0.2, 0.25) is 0 Å². The molecular weight excluding hydrogens is 393 g/mol. The van der Waals surface area contributed by atoms with E-state index in [9.17, 15) is 18.0 Å². The van der Waals surface area contributed by atoms with Crippen molar-refractivity contribution in [1.82, 2.24) is 4.57 Å². The molecule has 2 aromatic heterocycles. The molecule has 0 saturated carbocycles. The van der Waals surface area contributed by atoms with Crippen LogP contribution in [0.25, 0.3) is 10.9 Å². The third kappa shape index (κ3) is 3.83. The molecule has 0 atom stereocenters. The maximum absolute atomic E-state index is 12.8. The van der Waals surface area contributed by atoms with Gasteiger partial charge in [-0.15, -0.1) is 0 Å². The zero-order chi connectivity index (χ0) is 21.5. The number of aromatic nitrogens is 1. The van der Waals surface area contributed by atoms with E-state index in [-0.39, 0.29) is 11.7 Å². The van der Waals surface area contributed by atoms with Crippen LogP contribution in [0.5, 0.6) is 0 Å². The summed E-state index contributed by atoms with van der Waals surface area (Å²) in [4.78, 5) is 12.6. The summed E-state index contributed by atoms with van der Waals surface area (Å²) in [6.07, 6.45) is -2.58. The van der Waals surface area contributed by atoms with Gasteiger partial charge in [0.2, 0.25) is 0 Å². The molecule has 0 aliphatic rings. The lowest BCUT2D eigenvalue weighted by atomic mass is 10.1. The largest absolute Gasteiger partial charge is 0.456 e. The summed E-state index contributed by atoms with van der Waals surface area (Å²) in [5.74, 6) is 0.554. The van der Waals surface area contributed by atoms with Crippen molar-refractivity contribution < 1.29 is 22.4 Å². The number of furan rings is 1. The Morgan fingerprint density at radius 3 is 2.40 bits per heavy atom. The van der Waals surface area contributed by atoms with Gasteiger partial charge in [0.05, 0.1) is 16.8 Å². The summed E-state index contributed by atoms with van der Waals surface area (Å²) >= 11 is 0. The summed E-state index contributed by atoms with van der Waals surface area (Å²) in [6, 6.07) is 14.3. The molecule has 4 rings (SSSR count). The van der Waals surface area contributed by atoms with Crippen LogP contribution in [0.3, 0.4) is 0 Å². The average molecular weight is 412 g/mol. The van der Waals surface area contributed by atoms with Gasteiger partial charge < -0.3 is 14.3 Å². The molecule has 0 unspecified atom stereocenters. The first-order valence-electron chi connectivity index (χ1n) is 9.35. The SMILES string of the molecule is Cc1cc(C(=O)Nc2cn(Cc3ccc(C(F)(F)F)cc3)c3ccccc23)oc1C. The molecular formula is C23H19F3N2O2. The highest BCUT2D eigenvalue weighted by Crippen LogP contribution is 2.30. The molecule has 2 aromatic carbocycles. The Labute approximate surface area is 170 Å². The van der Waals surface area contributed by atoms with Crippen molar-refractivity contribution in [1.29, 1.82) is 0 Å². The van der Waals surface area contributed by atoms with Crippen LogP contribution in [0.15, 0.2) is 65.2 Å². The Morgan fingerprint density at radius 2 is 1.77 bits per heavy atom. The molecule has 0 spiro atoms. The minimum Gasteiger partial charge on any atom is -0.456 e. The van der Waals surface area contributed by atoms with Crippen LogP contribution in [-0.2, 0) is 12.7 Å². The first-order valence-corrected chi connectivity index (χ1v) is 9.35. The fraction of sp³-hybridized carbons (Fsp3) is 0.174. The summed E-state index contributed by atoms with van der Waals surface area (Å²) in [5, 5.41) is 3.71. The second-order valence-corrected chi connectivity index (χ2v) is 7.19. The van der Waals surface area contributed by atoms with E-state index < -0.39 is 11.7 Å². The topological polar surface area (TPSA) is 47.2 Å². The number of hydrogen-bond donors (Lipinski definition) is 1.